The van der Waals surface area contributed by atoms with Gasteiger partial charge in [-0.3, -0.25) is 14.1 Å². The maximum atomic E-state index is 13.9. The van der Waals surface area contributed by atoms with Crippen LogP contribution in [0.4, 0.5) is 36.4 Å². The van der Waals surface area contributed by atoms with Crippen molar-refractivity contribution in [1.82, 2.24) is 4.90 Å². The maximum Gasteiger partial charge on any atom is 0.430 e. The molecule has 2 aliphatic rings. The van der Waals surface area contributed by atoms with E-state index in [9.17, 15) is 49.1 Å². The van der Waals surface area contributed by atoms with Crippen molar-refractivity contribution < 1.29 is 49.1 Å². The van der Waals surface area contributed by atoms with Gasteiger partial charge in [-0.25, -0.2) is 12.8 Å². The third-order valence-electron chi connectivity index (χ3n) is 8.31. The third kappa shape index (κ3) is 6.66. The van der Waals surface area contributed by atoms with Gasteiger partial charge in [-0.2, -0.15) is 26.3 Å². The lowest BCUT2D eigenvalue weighted by Gasteiger charge is -2.40. The molecule has 2 aromatic rings. The normalized spacial score (nSPS) is 18.3. The van der Waals surface area contributed by atoms with Crippen molar-refractivity contribution in [2.75, 3.05) is 17.4 Å². The molecule has 4 rings (SSSR count). The minimum Gasteiger partial charge on any atom is -0.369 e. The first-order chi connectivity index (χ1) is 21.3. The Morgan fingerprint density at radius 2 is 1.59 bits per heavy atom. The van der Waals surface area contributed by atoms with E-state index in [0.717, 1.165) is 45.9 Å². The summed E-state index contributed by atoms with van der Waals surface area (Å²) in [6.07, 6.45) is -10.1. The first-order valence-electron chi connectivity index (χ1n) is 14.6. The van der Waals surface area contributed by atoms with Gasteiger partial charge in [-0.15, -0.1) is 0 Å². The number of amides is 1. The molecule has 1 atom stereocenters. The lowest BCUT2D eigenvalue weighted by Crippen LogP contribution is -2.54. The number of fused-ring (bicyclic) bond motifs is 1. The van der Waals surface area contributed by atoms with Crippen LogP contribution < -0.4 is 4.31 Å². The molecular weight excluding hydrogens is 643 g/mol. The van der Waals surface area contributed by atoms with Gasteiger partial charge in [0.25, 0.3) is 15.6 Å². The van der Waals surface area contributed by atoms with E-state index in [2.05, 4.69) is 4.99 Å². The second-order valence-electron chi connectivity index (χ2n) is 11.6. The maximum absolute atomic E-state index is 13.9. The number of carbonyl (C=O) groups excluding carboxylic acids is 1. The highest BCUT2D eigenvalue weighted by Crippen LogP contribution is 2.51. The Labute approximate surface area is 262 Å². The highest BCUT2D eigenvalue weighted by molar-refractivity contribution is 7.92. The Kier molecular flexibility index (Phi) is 9.98. The van der Waals surface area contributed by atoms with E-state index < -0.39 is 50.3 Å². The van der Waals surface area contributed by atoms with Crippen LogP contribution in [-0.4, -0.2) is 62.0 Å². The standard InChI is InChI=1S/C31H34F7N3O4S/c1-4-39-28(19(2)3)20-13-15-40(16-14-20)27(42)18-24-9-5-21-17-22(29(43,30(33,34)35)31(36,37)38)6-12-26(21)41(24)46(44,45)25-10-7-23(32)8-11-25/h4,6-8,10-12,17,19,24,43H,5,9,13-16,18H2,1-3H3. The molecule has 15 heteroatoms. The second kappa shape index (κ2) is 13.0. The zero-order chi connectivity index (χ0) is 34.2. The largest absolute Gasteiger partial charge is 0.430 e. The average Bonchev–Trinajstić information content (AvgIpc) is 2.98. The third-order valence-corrected chi connectivity index (χ3v) is 10.2. The Morgan fingerprint density at radius 1 is 1.00 bits per heavy atom. The van der Waals surface area contributed by atoms with E-state index in [1.54, 1.807) is 11.1 Å². The Balaban J connectivity index is 1.71. The molecule has 1 unspecified atom stereocenters. The number of piperidine rings is 1. The summed E-state index contributed by atoms with van der Waals surface area (Å²) in [4.78, 5) is 19.2. The Morgan fingerprint density at radius 3 is 2.11 bits per heavy atom. The van der Waals surface area contributed by atoms with Gasteiger partial charge in [0.2, 0.25) is 5.91 Å². The first-order valence-corrected chi connectivity index (χ1v) is 16.0. The van der Waals surface area contributed by atoms with Gasteiger partial charge in [0.1, 0.15) is 5.82 Å². The molecule has 46 heavy (non-hydrogen) atoms. The van der Waals surface area contributed by atoms with Crippen LogP contribution in [-0.2, 0) is 26.8 Å². The van der Waals surface area contributed by atoms with Crippen molar-refractivity contribution in [3.63, 3.8) is 0 Å². The van der Waals surface area contributed by atoms with E-state index in [1.807, 2.05) is 20.8 Å². The van der Waals surface area contributed by atoms with Crippen molar-refractivity contribution >= 4 is 27.8 Å². The molecule has 0 aromatic heterocycles. The smallest absolute Gasteiger partial charge is 0.369 e. The Bertz CT molecular complexity index is 1590. The predicted molar refractivity (Wildman–Crippen MR) is 157 cm³/mol. The molecule has 2 aromatic carbocycles. The number of benzene rings is 2. The molecule has 2 aliphatic heterocycles. The quantitative estimate of drug-likeness (QED) is 0.262. The summed E-state index contributed by atoms with van der Waals surface area (Å²) in [5.41, 5.74) is -5.13. The molecule has 2 heterocycles. The van der Waals surface area contributed by atoms with Crippen LogP contribution in [0, 0.1) is 11.7 Å². The number of likely N-dealkylation sites (tertiary alicyclic amines) is 1. The molecule has 0 aliphatic carbocycles. The van der Waals surface area contributed by atoms with E-state index in [4.69, 9.17) is 0 Å². The molecule has 7 nitrogen and oxygen atoms in total. The van der Waals surface area contributed by atoms with Crippen LogP contribution in [0.5, 0.6) is 0 Å². The van der Waals surface area contributed by atoms with Gasteiger partial charge in [-0.1, -0.05) is 26.0 Å². The van der Waals surface area contributed by atoms with Crippen molar-refractivity contribution in [1.29, 1.82) is 0 Å². The first kappa shape index (κ1) is 35.4. The number of hydrogen-bond acceptors (Lipinski definition) is 5. The van der Waals surface area contributed by atoms with Crippen LogP contribution in [0.2, 0.25) is 0 Å². The van der Waals surface area contributed by atoms with E-state index in [-0.39, 0.29) is 42.3 Å². The van der Waals surface area contributed by atoms with Gasteiger partial charge in [0.05, 0.1) is 16.6 Å². The monoisotopic (exact) mass is 677 g/mol. The number of aryl methyl sites for hydroxylation is 1. The lowest BCUT2D eigenvalue weighted by atomic mass is 9.87. The number of aliphatic hydroxyl groups is 1. The predicted octanol–water partition coefficient (Wildman–Crippen LogP) is 6.66. The fourth-order valence-electron chi connectivity index (χ4n) is 5.98. The fraction of sp³-hybridized carbons (Fsp3) is 0.484. The van der Waals surface area contributed by atoms with Crippen molar-refractivity contribution in [2.45, 2.75) is 81.8 Å². The van der Waals surface area contributed by atoms with Crippen LogP contribution in [0.3, 0.4) is 0 Å². The highest BCUT2D eigenvalue weighted by atomic mass is 32.2. The summed E-state index contributed by atoms with van der Waals surface area (Å²) >= 11 is 0. The number of alkyl halides is 6. The summed E-state index contributed by atoms with van der Waals surface area (Å²) in [6.45, 7) is 6.55. The minimum atomic E-state index is -6.13. The summed E-state index contributed by atoms with van der Waals surface area (Å²) in [5, 5.41) is 9.94. The lowest BCUT2D eigenvalue weighted by molar-refractivity contribution is -0.376. The van der Waals surface area contributed by atoms with Gasteiger partial charge in [0, 0.05) is 37.0 Å². The number of carbonyl (C=O) groups is 1. The number of hydrogen-bond donors (Lipinski definition) is 1. The van der Waals surface area contributed by atoms with Crippen molar-refractivity contribution in [2.24, 2.45) is 10.9 Å². The topological polar surface area (TPSA) is 90.3 Å². The van der Waals surface area contributed by atoms with E-state index in [1.165, 1.54) is 0 Å². The van der Waals surface area contributed by atoms with Crippen LogP contribution in [0.15, 0.2) is 63.6 Å². The highest BCUT2D eigenvalue weighted by Gasteiger charge is 2.71. The number of rotatable bonds is 7. The van der Waals surface area contributed by atoms with Crippen LogP contribution >= 0.6 is 0 Å². The molecule has 252 valence electrons. The average molecular weight is 678 g/mol. The molecular formula is C31H34F7N3O4S. The number of sulfonamides is 1. The number of halogens is 7. The molecule has 1 N–H and O–H groups in total. The van der Waals surface area contributed by atoms with E-state index in [0.29, 0.717) is 38.1 Å². The minimum absolute atomic E-state index is 0.124. The van der Waals surface area contributed by atoms with Crippen molar-refractivity contribution in [3.8, 4) is 0 Å². The molecule has 0 bridgehead atoms. The Hall–Kier alpha value is -3.46. The molecule has 1 saturated heterocycles. The van der Waals surface area contributed by atoms with Crippen LogP contribution in [0.1, 0.15) is 57.6 Å². The summed E-state index contributed by atoms with van der Waals surface area (Å²) in [7, 11) is -4.59. The fourth-order valence-corrected chi connectivity index (χ4v) is 7.70. The van der Waals surface area contributed by atoms with Gasteiger partial charge in [-0.05, 0) is 80.0 Å². The van der Waals surface area contributed by atoms with Gasteiger partial charge >= 0.3 is 12.4 Å². The molecule has 0 saturated carbocycles. The van der Waals surface area contributed by atoms with E-state index >= 15 is 0 Å². The zero-order valence-corrected chi connectivity index (χ0v) is 26.1. The second-order valence-corrected chi connectivity index (χ2v) is 13.4. The molecule has 0 radical (unpaired) electrons. The zero-order valence-electron chi connectivity index (χ0n) is 25.3. The number of anilines is 1. The summed E-state index contributed by atoms with van der Waals surface area (Å²) in [5.74, 6) is -0.946. The summed E-state index contributed by atoms with van der Waals surface area (Å²) in [6, 6.07) is 4.30. The van der Waals surface area contributed by atoms with Gasteiger partial charge < -0.3 is 10.0 Å². The number of aliphatic imine (C=N–C) groups is 1. The SMILES string of the molecule is CC=NC(=C1CCN(C(=O)CC2CCc3cc(C(O)(C(F)(F)F)C(F)(F)F)ccc3N2S(=O)(=O)c2ccc(F)cc2)CC1)C(C)C. The molecule has 1 fully saturated rings. The number of nitrogens with zero attached hydrogens (tertiary/aromatic N) is 3. The van der Waals surface area contributed by atoms with Crippen molar-refractivity contribution in [3.05, 3.63) is 70.7 Å². The van der Waals surface area contributed by atoms with Crippen LogP contribution in [0.25, 0.3) is 0 Å². The molecule has 0 spiro atoms. The molecule has 1 amide bonds. The number of allylic oxidation sites excluding steroid dienone is 1. The van der Waals surface area contributed by atoms with Gasteiger partial charge in [0.15, 0.2) is 0 Å². The summed E-state index contributed by atoms with van der Waals surface area (Å²) < 4.78 is 124.